The maximum atomic E-state index is 13.8. The summed E-state index contributed by atoms with van der Waals surface area (Å²) in [5.74, 6) is 5.73. The van der Waals surface area contributed by atoms with Gasteiger partial charge in [0.05, 0.1) is 12.1 Å². The molecule has 2 unspecified atom stereocenters. The maximum absolute atomic E-state index is 13.8. The first-order valence-electron chi connectivity index (χ1n) is 7.38. The molecule has 0 aromatic heterocycles. The molecule has 1 amide bonds. The highest BCUT2D eigenvalue weighted by Gasteiger charge is 2.24. The molecule has 1 aromatic rings. The highest BCUT2D eigenvalue weighted by molar-refractivity contribution is 5.94. The first-order chi connectivity index (χ1) is 10.1. The zero-order valence-corrected chi connectivity index (χ0v) is 12.3. The van der Waals surface area contributed by atoms with Gasteiger partial charge in [-0.2, -0.15) is 0 Å². The Labute approximate surface area is 125 Å². The Morgan fingerprint density at radius 3 is 2.95 bits per heavy atom. The summed E-state index contributed by atoms with van der Waals surface area (Å²) in [6.07, 6.45) is 3.55. The summed E-state index contributed by atoms with van der Waals surface area (Å²) in [5.41, 5.74) is 5.95. The summed E-state index contributed by atoms with van der Waals surface area (Å²) in [6, 6.07) is 4.30. The van der Waals surface area contributed by atoms with Crippen LogP contribution in [0.15, 0.2) is 18.2 Å². The van der Waals surface area contributed by atoms with Gasteiger partial charge in [-0.25, -0.2) is 4.39 Å². The van der Waals surface area contributed by atoms with Crippen molar-refractivity contribution < 1.29 is 9.18 Å². The molecule has 3 N–H and O–H groups in total. The van der Waals surface area contributed by atoms with Gasteiger partial charge in [-0.05, 0) is 36.5 Å². The summed E-state index contributed by atoms with van der Waals surface area (Å²) in [7, 11) is 0. The fourth-order valence-corrected chi connectivity index (χ4v) is 2.77. The Kier molecular flexibility index (Phi) is 5.35. The predicted molar refractivity (Wildman–Crippen MR) is 81.2 cm³/mol. The van der Waals surface area contributed by atoms with E-state index in [-0.39, 0.29) is 18.0 Å². The van der Waals surface area contributed by atoms with Crippen LogP contribution in [0.2, 0.25) is 0 Å². The van der Waals surface area contributed by atoms with E-state index >= 15 is 0 Å². The van der Waals surface area contributed by atoms with Crippen LogP contribution in [0.4, 0.5) is 4.39 Å². The third kappa shape index (κ3) is 4.05. The van der Waals surface area contributed by atoms with Gasteiger partial charge in [0.1, 0.15) is 5.82 Å². The average molecular weight is 288 g/mol. The van der Waals surface area contributed by atoms with E-state index in [2.05, 4.69) is 24.1 Å². The molecule has 112 valence electrons. The summed E-state index contributed by atoms with van der Waals surface area (Å²) in [6.45, 7) is 3.05. The number of carbonyl (C=O) groups excluding carboxylic acids is 1. The number of carbonyl (C=O) groups is 1. The maximum Gasteiger partial charge on any atom is 0.254 e. The minimum absolute atomic E-state index is 0.0458. The Hall–Kier alpha value is -1.86. The van der Waals surface area contributed by atoms with Gasteiger partial charge in [-0.3, -0.25) is 4.79 Å². The lowest BCUT2D eigenvalue weighted by Crippen LogP contribution is -2.30. The first kappa shape index (κ1) is 15.5. The van der Waals surface area contributed by atoms with Crippen molar-refractivity contribution in [1.82, 2.24) is 5.32 Å². The van der Waals surface area contributed by atoms with Crippen LogP contribution in [-0.2, 0) is 0 Å². The third-order valence-electron chi connectivity index (χ3n) is 4.11. The van der Waals surface area contributed by atoms with Crippen LogP contribution in [0.1, 0.15) is 42.1 Å². The fourth-order valence-electron chi connectivity index (χ4n) is 2.77. The Morgan fingerprint density at radius 1 is 1.48 bits per heavy atom. The van der Waals surface area contributed by atoms with Gasteiger partial charge < -0.3 is 11.1 Å². The summed E-state index contributed by atoms with van der Waals surface area (Å²) >= 11 is 0. The van der Waals surface area contributed by atoms with E-state index in [0.29, 0.717) is 23.9 Å². The zero-order chi connectivity index (χ0) is 15.2. The van der Waals surface area contributed by atoms with Crippen LogP contribution in [0.5, 0.6) is 0 Å². The van der Waals surface area contributed by atoms with Crippen molar-refractivity contribution in [3.8, 4) is 11.8 Å². The lowest BCUT2D eigenvalue weighted by atomic mass is 9.98. The van der Waals surface area contributed by atoms with E-state index in [0.717, 1.165) is 6.42 Å². The van der Waals surface area contributed by atoms with Gasteiger partial charge in [-0.1, -0.05) is 31.6 Å². The Morgan fingerprint density at radius 2 is 2.29 bits per heavy atom. The molecule has 0 heterocycles. The molecule has 1 fully saturated rings. The molecule has 0 bridgehead atoms. The van der Waals surface area contributed by atoms with Crippen molar-refractivity contribution in [2.24, 2.45) is 17.6 Å². The highest BCUT2D eigenvalue weighted by atomic mass is 19.1. The average Bonchev–Trinajstić information content (AvgIpc) is 2.89. The number of halogens is 1. The lowest BCUT2D eigenvalue weighted by molar-refractivity contribution is 0.0940. The molecule has 4 heteroatoms. The normalized spacial score (nSPS) is 20.7. The monoisotopic (exact) mass is 288 g/mol. The fraction of sp³-hybridized carbons (Fsp3) is 0.471. The largest absolute Gasteiger partial charge is 0.352 e. The smallest absolute Gasteiger partial charge is 0.254 e. The molecular weight excluding hydrogens is 267 g/mol. The van der Waals surface area contributed by atoms with Gasteiger partial charge >= 0.3 is 0 Å². The summed E-state index contributed by atoms with van der Waals surface area (Å²) in [5, 5.41) is 2.84. The molecule has 1 saturated carbocycles. The highest BCUT2D eigenvalue weighted by Crippen LogP contribution is 2.30. The van der Waals surface area contributed by atoms with Crippen LogP contribution in [-0.4, -0.2) is 19.0 Å². The molecule has 21 heavy (non-hydrogen) atoms. The van der Waals surface area contributed by atoms with Crippen LogP contribution in [0, 0.1) is 29.5 Å². The second-order valence-electron chi connectivity index (χ2n) is 5.58. The van der Waals surface area contributed by atoms with E-state index in [4.69, 9.17) is 5.73 Å². The number of amides is 1. The minimum Gasteiger partial charge on any atom is -0.352 e. The number of hydrogen-bond donors (Lipinski definition) is 2. The molecule has 1 aliphatic rings. The van der Waals surface area contributed by atoms with Crippen molar-refractivity contribution in [3.63, 3.8) is 0 Å². The van der Waals surface area contributed by atoms with E-state index in [9.17, 15) is 9.18 Å². The second kappa shape index (κ2) is 7.24. The summed E-state index contributed by atoms with van der Waals surface area (Å²) < 4.78 is 13.8. The number of benzene rings is 1. The SMILES string of the molecule is CC1CCCC1CNC(=O)c1cc(C#CCN)ccc1F. The molecule has 0 spiro atoms. The Bertz CT molecular complexity index is 574. The molecule has 1 aliphatic carbocycles. The molecule has 0 aliphatic heterocycles. The van der Waals surface area contributed by atoms with E-state index < -0.39 is 5.82 Å². The Balaban J connectivity index is 2.04. The van der Waals surface area contributed by atoms with Crippen molar-refractivity contribution >= 4 is 5.91 Å². The third-order valence-corrected chi connectivity index (χ3v) is 4.11. The van der Waals surface area contributed by atoms with Gasteiger partial charge in [0.15, 0.2) is 0 Å². The molecule has 0 saturated heterocycles. The first-order valence-corrected chi connectivity index (χ1v) is 7.38. The molecule has 3 nitrogen and oxygen atoms in total. The van der Waals surface area contributed by atoms with Crippen molar-refractivity contribution in [2.45, 2.75) is 26.2 Å². The topological polar surface area (TPSA) is 55.1 Å². The van der Waals surface area contributed by atoms with Gasteiger partial charge in [0, 0.05) is 12.1 Å². The van der Waals surface area contributed by atoms with Crippen molar-refractivity contribution in [2.75, 3.05) is 13.1 Å². The number of rotatable bonds is 3. The van der Waals surface area contributed by atoms with Crippen molar-refractivity contribution in [1.29, 1.82) is 0 Å². The van der Waals surface area contributed by atoms with Gasteiger partial charge in [0.25, 0.3) is 5.91 Å². The van der Waals surface area contributed by atoms with Gasteiger partial charge in [-0.15, -0.1) is 0 Å². The number of hydrogen-bond acceptors (Lipinski definition) is 2. The number of nitrogens with two attached hydrogens (primary N) is 1. The van der Waals surface area contributed by atoms with E-state index in [1.54, 1.807) is 6.07 Å². The molecular formula is C17H21FN2O. The van der Waals surface area contributed by atoms with E-state index in [1.165, 1.54) is 25.0 Å². The molecule has 2 atom stereocenters. The summed E-state index contributed by atoms with van der Waals surface area (Å²) in [4.78, 5) is 12.1. The molecule has 0 radical (unpaired) electrons. The zero-order valence-electron chi connectivity index (χ0n) is 12.3. The van der Waals surface area contributed by atoms with Crippen LogP contribution >= 0.6 is 0 Å². The van der Waals surface area contributed by atoms with Gasteiger partial charge in [0.2, 0.25) is 0 Å². The lowest BCUT2D eigenvalue weighted by Gasteiger charge is -2.16. The van der Waals surface area contributed by atoms with Crippen LogP contribution in [0.25, 0.3) is 0 Å². The standard InChI is InChI=1S/C17H21FN2O/c1-12-4-2-6-14(12)11-20-17(21)15-10-13(5-3-9-19)7-8-16(15)18/h7-8,10,12,14H,2,4,6,9,11,19H2,1H3,(H,20,21). The van der Waals surface area contributed by atoms with Crippen molar-refractivity contribution in [3.05, 3.63) is 35.1 Å². The minimum atomic E-state index is -0.523. The quantitative estimate of drug-likeness (QED) is 0.839. The van der Waals surface area contributed by atoms with Crippen LogP contribution in [0.3, 0.4) is 0 Å². The second-order valence-corrected chi connectivity index (χ2v) is 5.58. The van der Waals surface area contributed by atoms with E-state index in [1.807, 2.05) is 0 Å². The molecule has 2 rings (SSSR count). The predicted octanol–water partition coefficient (Wildman–Crippen LogP) is 2.30. The number of nitrogens with one attached hydrogen (secondary N) is 1. The molecule has 1 aromatic carbocycles. The van der Waals surface area contributed by atoms with Crippen LogP contribution < -0.4 is 11.1 Å².